The van der Waals surface area contributed by atoms with E-state index in [2.05, 4.69) is 64.5 Å². The molecule has 59 heavy (non-hydrogen) atoms. The number of benzene rings is 1. The molecule has 0 radical (unpaired) electrons. The summed E-state index contributed by atoms with van der Waals surface area (Å²) in [5.74, 6) is -8.18. The van der Waals surface area contributed by atoms with Crippen molar-refractivity contribution in [3.05, 3.63) is 54.2 Å². The van der Waals surface area contributed by atoms with Crippen LogP contribution in [0.25, 0.3) is 10.9 Å². The number of nitrogens with zero attached hydrogens (tertiary/aromatic N) is 2. The number of aliphatic carboxylic acids is 2. The summed E-state index contributed by atoms with van der Waals surface area (Å²) in [6.07, 6.45) is 3.65. The van der Waals surface area contributed by atoms with Crippen LogP contribution in [0, 0.1) is 0 Å². The van der Waals surface area contributed by atoms with Crippen LogP contribution >= 0.6 is 12.6 Å². The van der Waals surface area contributed by atoms with Crippen LogP contribution in [0.15, 0.2) is 48.0 Å². The zero-order chi connectivity index (χ0) is 43.6. The topological polar surface area (TPSA) is 384 Å². The van der Waals surface area contributed by atoms with Gasteiger partial charge in [0.05, 0.1) is 25.3 Å². The third-order valence-electron chi connectivity index (χ3n) is 8.64. The molecule has 16 N–H and O–H groups in total. The van der Waals surface area contributed by atoms with Crippen LogP contribution in [0.1, 0.15) is 37.4 Å². The van der Waals surface area contributed by atoms with Crippen molar-refractivity contribution in [1.82, 2.24) is 46.9 Å². The first kappa shape index (κ1) is 46.7. The van der Waals surface area contributed by atoms with Crippen LogP contribution in [0.2, 0.25) is 0 Å². The molecule has 23 nitrogen and oxygen atoms in total. The lowest BCUT2D eigenvalue weighted by Crippen LogP contribution is -2.58. The molecule has 2 heterocycles. The van der Waals surface area contributed by atoms with E-state index in [0.29, 0.717) is 11.3 Å². The number of imidazole rings is 1. The number of aliphatic imine (C=N–C) groups is 1. The van der Waals surface area contributed by atoms with Gasteiger partial charge in [-0.25, -0.2) is 9.78 Å². The normalized spacial score (nSPS) is 13.9. The number of H-pyrrole nitrogens is 2. The number of aromatic amines is 2. The molecule has 3 rings (SSSR count). The van der Waals surface area contributed by atoms with E-state index in [1.165, 1.54) is 19.4 Å². The van der Waals surface area contributed by atoms with Crippen molar-refractivity contribution in [2.75, 3.05) is 18.8 Å². The van der Waals surface area contributed by atoms with Gasteiger partial charge in [-0.3, -0.25) is 38.6 Å². The van der Waals surface area contributed by atoms with Crippen LogP contribution in [-0.2, 0) is 51.2 Å². The van der Waals surface area contributed by atoms with E-state index >= 15 is 0 Å². The van der Waals surface area contributed by atoms with Crippen molar-refractivity contribution in [1.29, 1.82) is 0 Å². The Morgan fingerprint density at radius 2 is 1.47 bits per heavy atom. The Labute approximate surface area is 342 Å². The number of hydrogen-bond acceptors (Lipinski definition) is 12. The van der Waals surface area contributed by atoms with Crippen molar-refractivity contribution in [2.45, 2.75) is 75.3 Å². The van der Waals surface area contributed by atoms with E-state index in [-0.39, 0.29) is 43.9 Å². The number of carbonyl (C=O) groups is 8. The Balaban J connectivity index is 1.69. The zero-order valence-corrected chi connectivity index (χ0v) is 32.8. The second-order valence-corrected chi connectivity index (χ2v) is 13.6. The number of guanidine groups is 1. The van der Waals surface area contributed by atoms with Crippen LogP contribution < -0.4 is 49.1 Å². The van der Waals surface area contributed by atoms with Gasteiger partial charge < -0.3 is 69.3 Å². The number of carboxylic acids is 2. The fourth-order valence-corrected chi connectivity index (χ4v) is 5.81. The molecule has 320 valence electrons. The second kappa shape index (κ2) is 22.9. The number of aromatic nitrogens is 3. The quantitative estimate of drug-likeness (QED) is 0.0178. The van der Waals surface area contributed by atoms with Gasteiger partial charge in [0.15, 0.2) is 5.96 Å². The first-order valence-electron chi connectivity index (χ1n) is 18.2. The van der Waals surface area contributed by atoms with Gasteiger partial charge in [0.1, 0.15) is 30.2 Å². The minimum absolute atomic E-state index is 0.0301. The lowest BCUT2D eigenvalue weighted by atomic mass is 10.0. The van der Waals surface area contributed by atoms with Crippen molar-refractivity contribution in [3.63, 3.8) is 0 Å². The summed E-state index contributed by atoms with van der Waals surface area (Å²) in [7, 11) is 0. The number of rotatable bonds is 24. The van der Waals surface area contributed by atoms with Crippen LogP contribution in [-0.4, -0.2) is 134 Å². The Bertz CT molecular complexity index is 1990. The molecule has 0 unspecified atom stereocenters. The number of fused-ring (bicyclic) bond motifs is 1. The predicted molar refractivity (Wildman–Crippen MR) is 214 cm³/mol. The van der Waals surface area contributed by atoms with Gasteiger partial charge in [-0.15, -0.1) is 0 Å². The monoisotopic (exact) mass is 843 g/mol. The molecule has 1 aromatic carbocycles. The highest BCUT2D eigenvalue weighted by atomic mass is 32.1. The average molecular weight is 844 g/mol. The molecule has 0 aliphatic carbocycles. The van der Waals surface area contributed by atoms with E-state index in [1.807, 2.05) is 0 Å². The fraction of sp³-hybridized carbons (Fsp3) is 0.429. The molecule has 0 bridgehead atoms. The molecule has 0 saturated carbocycles. The predicted octanol–water partition coefficient (Wildman–Crippen LogP) is -3.89. The van der Waals surface area contributed by atoms with Crippen molar-refractivity contribution >= 4 is 76.9 Å². The minimum atomic E-state index is -1.46. The lowest BCUT2D eigenvalue weighted by molar-refractivity contribution is -0.141. The number of thiol groups is 1. The van der Waals surface area contributed by atoms with Crippen LogP contribution in [0.3, 0.4) is 0 Å². The molecule has 6 atom stereocenters. The van der Waals surface area contributed by atoms with Gasteiger partial charge in [-0.05, 0) is 31.4 Å². The number of carbonyl (C=O) groups excluding carboxylic acids is 6. The first-order chi connectivity index (χ1) is 28.0. The lowest BCUT2D eigenvalue weighted by Gasteiger charge is -2.25. The molecule has 6 amide bonds. The van der Waals surface area contributed by atoms with E-state index in [4.69, 9.17) is 22.3 Å². The number of para-hydroxylation sites is 1. The van der Waals surface area contributed by atoms with E-state index < -0.39 is 96.6 Å². The summed E-state index contributed by atoms with van der Waals surface area (Å²) in [5, 5.41) is 33.9. The van der Waals surface area contributed by atoms with E-state index in [9.17, 15) is 43.5 Å². The molecule has 24 heteroatoms. The Morgan fingerprint density at radius 3 is 2.12 bits per heavy atom. The summed E-state index contributed by atoms with van der Waals surface area (Å²) in [6.45, 7) is 0.743. The average Bonchev–Trinajstić information content (AvgIpc) is 3.85. The summed E-state index contributed by atoms with van der Waals surface area (Å²) in [4.78, 5) is 115. The maximum atomic E-state index is 13.7. The van der Waals surface area contributed by atoms with E-state index in [0.717, 1.165) is 10.9 Å². The molecule has 0 fully saturated rings. The summed E-state index contributed by atoms with van der Waals surface area (Å²) < 4.78 is 0. The standard InChI is InChI=1S/C35H49N13O10S/c1-17(44-27(49)14-42-31(54)24(47-30(53)21(36)11-28(50)51)9-18-12-41-22-6-3-2-5-20(18)22)29(52)46-25(10-19-13-39-16-43-19)33(56)45-23(7-4-8-40-35(37)38)32(55)48-26(15-59)34(57)58/h2-3,5-6,12-13,16-17,21,23-26,41,59H,4,7-11,14-15,36H2,1H3,(H,39,43)(H,42,54)(H,44,49)(H,45,56)(H,46,52)(H,47,53)(H,48,55)(H,50,51)(H,57,58)(H4,37,38,40)/t17-,21-,23-,24-,25-,26-/m0/s1. The zero-order valence-electron chi connectivity index (χ0n) is 31.9. The molecule has 0 aliphatic rings. The third kappa shape index (κ3) is 15.3. The summed E-state index contributed by atoms with van der Waals surface area (Å²) in [6, 6.07) is -0.864. The summed E-state index contributed by atoms with van der Waals surface area (Å²) in [5.41, 5.74) is 18.3. The minimum Gasteiger partial charge on any atom is -0.481 e. The molecule has 3 aromatic rings. The molecular formula is C35H49N13O10S. The van der Waals surface area contributed by atoms with Crippen LogP contribution in [0.4, 0.5) is 0 Å². The summed E-state index contributed by atoms with van der Waals surface area (Å²) >= 11 is 3.95. The Morgan fingerprint density at radius 1 is 0.831 bits per heavy atom. The number of nitrogens with one attached hydrogen (secondary N) is 8. The van der Waals surface area contributed by atoms with Crippen LogP contribution in [0.5, 0.6) is 0 Å². The molecule has 0 saturated heterocycles. The van der Waals surface area contributed by atoms with Crippen molar-refractivity contribution in [3.8, 4) is 0 Å². The van der Waals surface area contributed by atoms with Crippen molar-refractivity contribution in [2.24, 2.45) is 22.2 Å². The highest BCUT2D eigenvalue weighted by Gasteiger charge is 2.31. The number of carboxylic acid groups (broad SMARTS) is 2. The molecular weight excluding hydrogens is 795 g/mol. The molecule has 2 aromatic heterocycles. The Kier molecular flexibility index (Phi) is 18.1. The van der Waals surface area contributed by atoms with Gasteiger partial charge in [-0.1, -0.05) is 18.2 Å². The van der Waals surface area contributed by atoms with E-state index in [1.54, 1.807) is 30.5 Å². The maximum absolute atomic E-state index is 13.7. The smallest absolute Gasteiger partial charge is 0.327 e. The number of hydrogen-bond donors (Lipinski definition) is 14. The SMILES string of the molecule is C[C@H](NC(=O)CNC(=O)[C@H](Cc1c[nH]c2ccccc12)NC(=O)[C@@H](N)CC(=O)O)C(=O)N[C@@H](Cc1cnc[nH]1)C(=O)N[C@@H](CCCN=C(N)N)C(=O)N[C@@H](CS)C(=O)O. The number of amides is 6. The Hall–Kier alpha value is -6.69. The molecule has 0 aliphatic heterocycles. The molecule has 0 spiro atoms. The van der Waals surface area contributed by atoms with Gasteiger partial charge in [0.25, 0.3) is 0 Å². The van der Waals surface area contributed by atoms with Gasteiger partial charge >= 0.3 is 11.9 Å². The van der Waals surface area contributed by atoms with Crippen molar-refractivity contribution < 1.29 is 48.6 Å². The third-order valence-corrected chi connectivity index (χ3v) is 9.01. The number of nitrogens with two attached hydrogens (primary N) is 3. The van der Waals surface area contributed by atoms with Gasteiger partial charge in [0.2, 0.25) is 35.4 Å². The second-order valence-electron chi connectivity index (χ2n) is 13.3. The largest absolute Gasteiger partial charge is 0.481 e. The highest BCUT2D eigenvalue weighted by molar-refractivity contribution is 7.80. The highest BCUT2D eigenvalue weighted by Crippen LogP contribution is 2.19. The maximum Gasteiger partial charge on any atom is 0.327 e. The van der Waals surface area contributed by atoms with Gasteiger partial charge in [-0.2, -0.15) is 12.6 Å². The fourth-order valence-electron chi connectivity index (χ4n) is 5.56. The first-order valence-corrected chi connectivity index (χ1v) is 18.8. The van der Waals surface area contributed by atoms with Gasteiger partial charge in [0, 0.05) is 54.1 Å².